The van der Waals surface area contributed by atoms with Crippen molar-refractivity contribution in [1.29, 1.82) is 10.5 Å². The van der Waals surface area contributed by atoms with Crippen molar-refractivity contribution < 1.29 is 4.74 Å². The molecule has 2 heterocycles. The molecule has 7 heteroatoms. The van der Waals surface area contributed by atoms with Gasteiger partial charge in [-0.25, -0.2) is 9.98 Å². The lowest BCUT2D eigenvalue weighted by Gasteiger charge is -2.03. The zero-order valence-electron chi connectivity index (χ0n) is 11.0. The molecule has 0 saturated carbocycles. The van der Waals surface area contributed by atoms with E-state index in [4.69, 9.17) is 15.7 Å². The molecular weight excluding hydrogens is 274 g/mol. The molecule has 0 aromatic carbocycles. The molecule has 0 aliphatic heterocycles. The smallest absolute Gasteiger partial charge is 0.174 e. The van der Waals surface area contributed by atoms with Crippen LogP contribution < -0.4 is 5.73 Å². The van der Waals surface area contributed by atoms with E-state index in [0.717, 1.165) is 0 Å². The summed E-state index contributed by atoms with van der Waals surface area (Å²) in [6, 6.07) is 4.11. The van der Waals surface area contributed by atoms with E-state index in [9.17, 15) is 5.26 Å². The Hall–Kier alpha value is -2.64. The molecule has 20 heavy (non-hydrogen) atoms. The number of hydrogen-bond donors (Lipinski definition) is 1. The molecule has 0 fully saturated rings. The Morgan fingerprint density at radius 1 is 1.45 bits per heavy atom. The first-order valence-electron chi connectivity index (χ1n) is 5.80. The molecule has 0 atom stereocenters. The number of aliphatic imine (C=N–C) groups is 1. The summed E-state index contributed by atoms with van der Waals surface area (Å²) < 4.78 is 5.07. The molecular formula is C13H11N5OS. The molecule has 2 N–H and O–H groups in total. The van der Waals surface area contributed by atoms with Gasteiger partial charge in [0.15, 0.2) is 6.40 Å². The van der Waals surface area contributed by atoms with Crippen molar-refractivity contribution in [3.05, 3.63) is 16.0 Å². The quantitative estimate of drug-likeness (QED) is 0.688. The zero-order chi connectivity index (χ0) is 14.7. The zero-order valence-corrected chi connectivity index (χ0v) is 11.8. The normalized spacial score (nSPS) is 10.6. The summed E-state index contributed by atoms with van der Waals surface area (Å²) in [6.07, 6.45) is 1.30. The molecule has 2 rings (SSSR count). The van der Waals surface area contributed by atoms with Crippen molar-refractivity contribution in [2.45, 2.75) is 13.8 Å². The minimum Gasteiger partial charge on any atom is -0.483 e. The van der Waals surface area contributed by atoms with Crippen LogP contribution in [0.1, 0.15) is 22.9 Å². The topological polar surface area (TPSA) is 108 Å². The standard InChI is InChI=1S/C13H11N5OS/c1-3-19-6-17-11-9(5-15)20-13-10(11)7(2)8(4-14)12(16)18-13/h6H,3H2,1-2H3,(H2,16,18). The highest BCUT2D eigenvalue weighted by Gasteiger charge is 2.18. The van der Waals surface area contributed by atoms with Crippen LogP contribution in [0.15, 0.2) is 4.99 Å². The molecule has 2 aromatic heterocycles. The molecule has 2 aromatic rings. The van der Waals surface area contributed by atoms with Gasteiger partial charge < -0.3 is 10.5 Å². The van der Waals surface area contributed by atoms with Gasteiger partial charge in [0.2, 0.25) is 0 Å². The second kappa shape index (κ2) is 5.55. The van der Waals surface area contributed by atoms with Crippen LogP contribution in [0.3, 0.4) is 0 Å². The fourth-order valence-electron chi connectivity index (χ4n) is 1.81. The Morgan fingerprint density at radius 3 is 2.80 bits per heavy atom. The van der Waals surface area contributed by atoms with Crippen molar-refractivity contribution in [3.8, 4) is 12.1 Å². The maximum absolute atomic E-state index is 9.18. The fraction of sp³-hybridized carbons (Fsp3) is 0.231. The van der Waals surface area contributed by atoms with Crippen LogP contribution in [0.25, 0.3) is 10.2 Å². The summed E-state index contributed by atoms with van der Waals surface area (Å²) in [5, 5.41) is 19.0. The van der Waals surface area contributed by atoms with E-state index in [-0.39, 0.29) is 5.82 Å². The highest BCUT2D eigenvalue weighted by atomic mass is 32.1. The van der Waals surface area contributed by atoms with Crippen molar-refractivity contribution >= 4 is 39.5 Å². The predicted octanol–water partition coefficient (Wildman–Crippen LogP) is 2.63. The molecule has 0 aliphatic carbocycles. The highest BCUT2D eigenvalue weighted by Crippen LogP contribution is 2.40. The summed E-state index contributed by atoms with van der Waals surface area (Å²) in [6.45, 7) is 4.10. The number of rotatable bonds is 3. The second-order valence-corrected chi connectivity index (χ2v) is 4.87. The number of nitrogen functional groups attached to an aromatic ring is 1. The number of aromatic nitrogens is 1. The fourth-order valence-corrected chi connectivity index (χ4v) is 2.80. The third-order valence-corrected chi connectivity index (χ3v) is 3.71. The monoisotopic (exact) mass is 285 g/mol. The van der Waals surface area contributed by atoms with E-state index in [1.165, 1.54) is 17.7 Å². The Kier molecular flexibility index (Phi) is 3.83. The van der Waals surface area contributed by atoms with Crippen LogP contribution >= 0.6 is 11.3 Å². The SMILES string of the molecule is CCOC=Nc1c(C#N)sc2nc(N)c(C#N)c(C)c12. The van der Waals surface area contributed by atoms with Crippen molar-refractivity contribution in [2.24, 2.45) is 4.99 Å². The molecule has 0 radical (unpaired) electrons. The number of anilines is 1. The first kappa shape index (κ1) is 13.8. The van der Waals surface area contributed by atoms with Crippen molar-refractivity contribution in [1.82, 2.24) is 4.98 Å². The lowest BCUT2D eigenvalue weighted by Crippen LogP contribution is -1.97. The first-order chi connectivity index (χ1) is 9.63. The molecule has 0 unspecified atom stereocenters. The second-order valence-electron chi connectivity index (χ2n) is 3.87. The lowest BCUT2D eigenvalue weighted by molar-refractivity contribution is 0.344. The summed E-state index contributed by atoms with van der Waals surface area (Å²) >= 11 is 1.20. The molecule has 0 spiro atoms. The van der Waals surface area contributed by atoms with Gasteiger partial charge in [0, 0.05) is 5.39 Å². The Bertz CT molecular complexity index is 779. The lowest BCUT2D eigenvalue weighted by atomic mass is 10.1. The van der Waals surface area contributed by atoms with E-state index in [2.05, 4.69) is 16.0 Å². The molecule has 100 valence electrons. The van der Waals surface area contributed by atoms with Gasteiger partial charge in [-0.15, -0.1) is 11.3 Å². The molecule has 0 amide bonds. The van der Waals surface area contributed by atoms with Crippen molar-refractivity contribution in [3.63, 3.8) is 0 Å². The number of ether oxygens (including phenoxy) is 1. The van der Waals surface area contributed by atoms with Crippen molar-refractivity contribution in [2.75, 3.05) is 12.3 Å². The third kappa shape index (κ3) is 2.15. The van der Waals surface area contributed by atoms with Gasteiger partial charge in [-0.1, -0.05) is 0 Å². The minimum absolute atomic E-state index is 0.170. The van der Waals surface area contributed by atoms with Gasteiger partial charge in [0.25, 0.3) is 0 Å². The number of nitrogens with two attached hydrogens (primary N) is 1. The van der Waals surface area contributed by atoms with Gasteiger partial charge in [-0.2, -0.15) is 10.5 Å². The highest BCUT2D eigenvalue weighted by molar-refractivity contribution is 7.19. The Morgan fingerprint density at radius 2 is 2.20 bits per heavy atom. The number of nitrogens with zero attached hydrogens (tertiary/aromatic N) is 4. The third-order valence-electron chi connectivity index (χ3n) is 2.73. The van der Waals surface area contributed by atoms with Gasteiger partial charge in [0.1, 0.15) is 33.4 Å². The van der Waals surface area contributed by atoms with E-state index in [1.54, 1.807) is 6.92 Å². The average molecular weight is 285 g/mol. The Balaban J connectivity index is 2.79. The van der Waals surface area contributed by atoms with Crippen LogP contribution in [0.4, 0.5) is 11.5 Å². The largest absolute Gasteiger partial charge is 0.483 e. The molecule has 0 aliphatic rings. The van der Waals surface area contributed by atoms with Crippen LogP contribution in [0.5, 0.6) is 0 Å². The Labute approximate surface area is 119 Å². The van der Waals surface area contributed by atoms with E-state index >= 15 is 0 Å². The average Bonchev–Trinajstić information content (AvgIpc) is 2.77. The van der Waals surface area contributed by atoms with E-state index in [0.29, 0.717) is 38.5 Å². The maximum atomic E-state index is 9.18. The summed E-state index contributed by atoms with van der Waals surface area (Å²) in [4.78, 5) is 9.36. The number of nitriles is 2. The van der Waals surface area contributed by atoms with Crippen LogP contribution in [0, 0.1) is 29.6 Å². The molecule has 0 saturated heterocycles. The maximum Gasteiger partial charge on any atom is 0.174 e. The van der Waals surface area contributed by atoms with Crippen LogP contribution in [-0.4, -0.2) is 18.0 Å². The summed E-state index contributed by atoms with van der Waals surface area (Å²) in [5.41, 5.74) is 7.21. The van der Waals surface area contributed by atoms with Gasteiger partial charge >= 0.3 is 0 Å². The molecule has 6 nitrogen and oxygen atoms in total. The number of aryl methyl sites for hydroxylation is 1. The van der Waals surface area contributed by atoms with E-state index in [1.807, 2.05) is 13.0 Å². The van der Waals surface area contributed by atoms with Crippen LogP contribution in [-0.2, 0) is 4.74 Å². The van der Waals surface area contributed by atoms with E-state index < -0.39 is 0 Å². The predicted molar refractivity (Wildman–Crippen MR) is 78.0 cm³/mol. The number of hydrogen-bond acceptors (Lipinski definition) is 7. The summed E-state index contributed by atoms with van der Waals surface area (Å²) in [5.74, 6) is 0.170. The van der Waals surface area contributed by atoms with Crippen LogP contribution in [0.2, 0.25) is 0 Å². The number of thiophene rings is 1. The first-order valence-corrected chi connectivity index (χ1v) is 6.62. The molecule has 0 bridgehead atoms. The minimum atomic E-state index is 0.170. The van der Waals surface area contributed by atoms with Gasteiger partial charge in [-0.3, -0.25) is 0 Å². The number of fused-ring (bicyclic) bond motifs is 1. The van der Waals surface area contributed by atoms with Gasteiger partial charge in [0.05, 0.1) is 12.2 Å². The number of pyridine rings is 1. The van der Waals surface area contributed by atoms with Gasteiger partial charge in [-0.05, 0) is 19.4 Å². The summed E-state index contributed by atoms with van der Waals surface area (Å²) in [7, 11) is 0.